The summed E-state index contributed by atoms with van der Waals surface area (Å²) in [4.78, 5) is 0. The molecular weight excluding hydrogens is 204 g/mol. The maximum absolute atomic E-state index is 5.93. The van der Waals surface area contributed by atoms with E-state index >= 15 is 0 Å². The molecule has 0 amide bonds. The molecular formula is C12H20N2O2. The van der Waals surface area contributed by atoms with Crippen molar-refractivity contribution >= 4 is 0 Å². The first kappa shape index (κ1) is 12.8. The Morgan fingerprint density at radius 1 is 1.19 bits per heavy atom. The van der Waals surface area contributed by atoms with Gasteiger partial charge in [0.25, 0.3) is 0 Å². The number of rotatable bonds is 6. The molecule has 0 fully saturated rings. The van der Waals surface area contributed by atoms with E-state index in [0.717, 1.165) is 11.3 Å². The summed E-state index contributed by atoms with van der Waals surface area (Å²) in [5.74, 6) is 1.44. The molecule has 0 aliphatic rings. The average Bonchev–Trinajstić information content (AvgIpc) is 2.31. The fourth-order valence-corrected chi connectivity index (χ4v) is 1.52. The van der Waals surface area contributed by atoms with Crippen LogP contribution in [0.4, 0.5) is 0 Å². The molecule has 1 atom stereocenters. The van der Waals surface area contributed by atoms with Crippen molar-refractivity contribution < 1.29 is 9.47 Å². The van der Waals surface area contributed by atoms with Crippen LogP contribution in [0, 0.1) is 0 Å². The maximum Gasteiger partial charge on any atom is 0.165 e. The minimum atomic E-state index is -0.220. The highest BCUT2D eigenvalue weighted by molar-refractivity contribution is 5.48. The number of hydrogen-bond acceptors (Lipinski definition) is 4. The summed E-state index contributed by atoms with van der Waals surface area (Å²) in [6.45, 7) is 5.43. The van der Waals surface area contributed by atoms with Gasteiger partial charge in [-0.2, -0.15) is 0 Å². The Bertz CT molecular complexity index is 329. The number of hydrogen-bond donors (Lipinski definition) is 2. The van der Waals surface area contributed by atoms with E-state index in [1.54, 1.807) is 0 Å². The second-order valence-electron chi connectivity index (χ2n) is 3.38. The first-order chi connectivity index (χ1) is 7.74. The molecule has 4 N–H and O–H groups in total. The molecule has 0 aromatic heterocycles. The van der Waals surface area contributed by atoms with Crippen LogP contribution < -0.4 is 20.9 Å². The SMILES string of the molecule is CCOc1cccc(C(N)CN)c1OCC. The molecule has 0 aliphatic carbocycles. The monoisotopic (exact) mass is 224 g/mol. The summed E-state index contributed by atoms with van der Waals surface area (Å²) in [5.41, 5.74) is 12.4. The molecule has 1 rings (SSSR count). The van der Waals surface area contributed by atoms with Crippen LogP contribution in [0.5, 0.6) is 11.5 Å². The average molecular weight is 224 g/mol. The number of benzene rings is 1. The van der Waals surface area contributed by atoms with Gasteiger partial charge in [0.1, 0.15) is 0 Å². The molecule has 0 saturated heterocycles. The van der Waals surface area contributed by atoms with E-state index in [1.807, 2.05) is 32.0 Å². The van der Waals surface area contributed by atoms with E-state index in [4.69, 9.17) is 20.9 Å². The molecule has 16 heavy (non-hydrogen) atoms. The number of para-hydroxylation sites is 1. The topological polar surface area (TPSA) is 70.5 Å². The Kier molecular flexibility index (Phi) is 5.08. The highest BCUT2D eigenvalue weighted by Crippen LogP contribution is 2.34. The minimum absolute atomic E-state index is 0.220. The Hall–Kier alpha value is -1.26. The summed E-state index contributed by atoms with van der Waals surface area (Å²) in [6.07, 6.45) is 0. The van der Waals surface area contributed by atoms with Gasteiger partial charge in [-0.1, -0.05) is 12.1 Å². The Morgan fingerprint density at radius 3 is 2.44 bits per heavy atom. The molecule has 0 radical (unpaired) electrons. The summed E-state index contributed by atoms with van der Waals surface area (Å²) >= 11 is 0. The largest absolute Gasteiger partial charge is 0.490 e. The van der Waals surface area contributed by atoms with Crippen LogP contribution in [0.1, 0.15) is 25.5 Å². The van der Waals surface area contributed by atoms with Crippen LogP contribution in [-0.4, -0.2) is 19.8 Å². The van der Waals surface area contributed by atoms with Gasteiger partial charge in [0.05, 0.1) is 13.2 Å². The fourth-order valence-electron chi connectivity index (χ4n) is 1.52. The zero-order valence-electron chi connectivity index (χ0n) is 9.90. The van der Waals surface area contributed by atoms with Crippen LogP contribution in [0.2, 0.25) is 0 Å². The van der Waals surface area contributed by atoms with Gasteiger partial charge >= 0.3 is 0 Å². The smallest absolute Gasteiger partial charge is 0.165 e. The molecule has 1 aromatic rings. The lowest BCUT2D eigenvalue weighted by Crippen LogP contribution is -2.21. The van der Waals surface area contributed by atoms with E-state index in [-0.39, 0.29) is 6.04 Å². The zero-order chi connectivity index (χ0) is 12.0. The van der Waals surface area contributed by atoms with Gasteiger partial charge in [-0.05, 0) is 19.9 Å². The van der Waals surface area contributed by atoms with Crippen LogP contribution >= 0.6 is 0 Å². The first-order valence-electron chi connectivity index (χ1n) is 5.58. The molecule has 4 heteroatoms. The Balaban J connectivity index is 3.09. The van der Waals surface area contributed by atoms with Crippen LogP contribution in [-0.2, 0) is 0 Å². The van der Waals surface area contributed by atoms with Gasteiger partial charge in [0.2, 0.25) is 0 Å². The van der Waals surface area contributed by atoms with Gasteiger partial charge in [-0.3, -0.25) is 0 Å². The normalized spacial score (nSPS) is 12.2. The molecule has 4 nitrogen and oxygen atoms in total. The standard InChI is InChI=1S/C12H20N2O2/c1-3-15-11-7-5-6-9(10(14)8-13)12(11)16-4-2/h5-7,10H,3-4,8,13-14H2,1-2H3. The van der Waals surface area contributed by atoms with Gasteiger partial charge in [0.15, 0.2) is 11.5 Å². The van der Waals surface area contributed by atoms with Gasteiger partial charge < -0.3 is 20.9 Å². The summed E-state index contributed by atoms with van der Waals surface area (Å²) < 4.78 is 11.1. The number of nitrogens with two attached hydrogens (primary N) is 2. The molecule has 0 aliphatic heterocycles. The molecule has 0 bridgehead atoms. The second-order valence-corrected chi connectivity index (χ2v) is 3.38. The zero-order valence-corrected chi connectivity index (χ0v) is 9.90. The van der Waals surface area contributed by atoms with Crippen molar-refractivity contribution in [3.05, 3.63) is 23.8 Å². The molecule has 90 valence electrons. The lowest BCUT2D eigenvalue weighted by Gasteiger charge is -2.18. The van der Waals surface area contributed by atoms with Gasteiger partial charge in [-0.15, -0.1) is 0 Å². The molecule has 0 saturated carbocycles. The molecule has 0 spiro atoms. The van der Waals surface area contributed by atoms with Crippen molar-refractivity contribution in [1.29, 1.82) is 0 Å². The summed E-state index contributed by atoms with van der Waals surface area (Å²) in [6, 6.07) is 5.48. The molecule has 1 unspecified atom stereocenters. The third kappa shape index (κ3) is 2.87. The van der Waals surface area contributed by atoms with Crippen LogP contribution in [0.15, 0.2) is 18.2 Å². The van der Waals surface area contributed by atoms with Crippen molar-refractivity contribution in [1.82, 2.24) is 0 Å². The predicted molar refractivity (Wildman–Crippen MR) is 64.8 cm³/mol. The lowest BCUT2D eigenvalue weighted by atomic mass is 10.1. The summed E-state index contributed by atoms with van der Waals surface area (Å²) in [5, 5.41) is 0. The first-order valence-corrected chi connectivity index (χ1v) is 5.58. The summed E-state index contributed by atoms with van der Waals surface area (Å²) in [7, 11) is 0. The van der Waals surface area contributed by atoms with Crippen molar-refractivity contribution in [2.75, 3.05) is 19.8 Å². The Labute approximate surface area is 96.5 Å². The quantitative estimate of drug-likeness (QED) is 0.767. The van der Waals surface area contributed by atoms with Gasteiger partial charge in [0, 0.05) is 18.2 Å². The highest BCUT2D eigenvalue weighted by atomic mass is 16.5. The highest BCUT2D eigenvalue weighted by Gasteiger charge is 2.15. The number of ether oxygens (including phenoxy) is 2. The van der Waals surface area contributed by atoms with E-state index in [9.17, 15) is 0 Å². The minimum Gasteiger partial charge on any atom is -0.490 e. The van der Waals surface area contributed by atoms with E-state index in [0.29, 0.717) is 25.5 Å². The van der Waals surface area contributed by atoms with Crippen molar-refractivity contribution in [3.63, 3.8) is 0 Å². The van der Waals surface area contributed by atoms with E-state index < -0.39 is 0 Å². The van der Waals surface area contributed by atoms with Crippen molar-refractivity contribution in [3.8, 4) is 11.5 Å². The predicted octanol–water partition coefficient (Wildman–Crippen LogP) is 1.44. The van der Waals surface area contributed by atoms with Crippen LogP contribution in [0.25, 0.3) is 0 Å². The molecule has 1 aromatic carbocycles. The van der Waals surface area contributed by atoms with E-state index in [2.05, 4.69) is 0 Å². The van der Waals surface area contributed by atoms with Crippen molar-refractivity contribution in [2.24, 2.45) is 11.5 Å². The van der Waals surface area contributed by atoms with E-state index in [1.165, 1.54) is 0 Å². The third-order valence-corrected chi connectivity index (χ3v) is 2.25. The molecule has 0 heterocycles. The Morgan fingerprint density at radius 2 is 1.88 bits per heavy atom. The van der Waals surface area contributed by atoms with Crippen molar-refractivity contribution in [2.45, 2.75) is 19.9 Å². The lowest BCUT2D eigenvalue weighted by molar-refractivity contribution is 0.284. The fraction of sp³-hybridized carbons (Fsp3) is 0.500. The van der Waals surface area contributed by atoms with Crippen LogP contribution in [0.3, 0.4) is 0 Å². The maximum atomic E-state index is 5.93. The third-order valence-electron chi connectivity index (χ3n) is 2.25. The van der Waals surface area contributed by atoms with Gasteiger partial charge in [-0.25, -0.2) is 0 Å². The second kappa shape index (κ2) is 6.35.